The fourth-order valence-corrected chi connectivity index (χ4v) is 10.1. The molecule has 0 aliphatic carbocycles. The molecule has 13 aromatic rings. The maximum Gasteiger partial charge on any atom is 0.0542 e. The molecule has 0 saturated heterocycles. The highest BCUT2D eigenvalue weighted by Gasteiger charge is 2.19. The van der Waals surface area contributed by atoms with Crippen molar-refractivity contribution in [2.75, 3.05) is 0 Å². The summed E-state index contributed by atoms with van der Waals surface area (Å²) in [5, 5.41) is 10.0. The predicted octanol–water partition coefficient (Wildman–Crippen LogP) is 14.3. The number of aromatic nitrogens is 4. The Kier molecular flexibility index (Phi) is 6.62. The third kappa shape index (κ3) is 4.54. The third-order valence-corrected chi connectivity index (χ3v) is 12.8. The van der Waals surface area contributed by atoms with Crippen LogP contribution >= 0.6 is 0 Å². The average Bonchev–Trinajstić information content (AvgIpc) is 4.01. The zero-order valence-electron chi connectivity index (χ0n) is 32.3. The number of hydrogen-bond donors (Lipinski definition) is 0. The van der Waals surface area contributed by atoms with E-state index in [1.54, 1.807) is 0 Å². The molecule has 0 bridgehead atoms. The summed E-state index contributed by atoms with van der Waals surface area (Å²) >= 11 is 0. The van der Waals surface area contributed by atoms with Gasteiger partial charge in [0.15, 0.2) is 0 Å². The van der Waals surface area contributed by atoms with Crippen molar-refractivity contribution in [3.8, 4) is 28.2 Å². The predicted molar refractivity (Wildman–Crippen MR) is 249 cm³/mol. The first-order valence-electron chi connectivity index (χ1n) is 20.3. The van der Waals surface area contributed by atoms with Gasteiger partial charge in [-0.15, -0.1) is 0 Å². The van der Waals surface area contributed by atoms with Gasteiger partial charge in [0.05, 0.1) is 33.1 Å². The molecule has 4 aromatic heterocycles. The first-order chi connectivity index (χ1) is 29.2. The van der Waals surface area contributed by atoms with Gasteiger partial charge >= 0.3 is 0 Å². The van der Waals surface area contributed by atoms with Gasteiger partial charge in [-0.05, 0) is 108 Å². The van der Waals surface area contributed by atoms with Gasteiger partial charge in [-0.1, -0.05) is 103 Å². The summed E-state index contributed by atoms with van der Waals surface area (Å²) in [6.45, 7) is 0. The molecule has 276 valence electrons. The molecule has 0 spiro atoms. The minimum atomic E-state index is 1.16. The highest BCUT2D eigenvalue weighted by atomic mass is 15.0. The Bertz CT molecular complexity index is 3850. The van der Waals surface area contributed by atoms with Crippen molar-refractivity contribution in [2.45, 2.75) is 0 Å². The molecule has 0 atom stereocenters. The van der Waals surface area contributed by atoms with Gasteiger partial charge in [-0.3, -0.25) is 0 Å². The Balaban J connectivity index is 0.972. The van der Waals surface area contributed by atoms with E-state index in [-0.39, 0.29) is 0 Å². The summed E-state index contributed by atoms with van der Waals surface area (Å²) in [5.41, 5.74) is 15.6. The zero-order valence-corrected chi connectivity index (χ0v) is 32.3. The second-order valence-electron chi connectivity index (χ2n) is 15.8. The molecule has 0 fully saturated rings. The monoisotopic (exact) mass is 752 g/mol. The molecule has 0 radical (unpaired) electrons. The standard InChI is InChI=1S/C55H36N4/c1-56-48-19-9-5-15-40(48)46-33-38(25-29-49(46)56)58-51-21-11-6-16-41(51)44-31-35(23-27-53(44)58)36-24-28-54-45(32-36)42-17-7-12-22-52(42)59(54)39-26-30-55-47(34-39)43-18-8-10-20-50(43)57(55)37-13-3-2-4-14-37/h2-34H,1H3. The second-order valence-corrected chi connectivity index (χ2v) is 15.8. The Hall–Kier alpha value is -7.82. The quantitative estimate of drug-likeness (QED) is 0.171. The van der Waals surface area contributed by atoms with Crippen LogP contribution in [0.5, 0.6) is 0 Å². The summed E-state index contributed by atoms with van der Waals surface area (Å²) in [5.74, 6) is 0. The van der Waals surface area contributed by atoms with Gasteiger partial charge in [0, 0.05) is 78.2 Å². The maximum absolute atomic E-state index is 2.44. The number of hydrogen-bond acceptors (Lipinski definition) is 0. The largest absolute Gasteiger partial charge is 0.344 e. The first-order valence-corrected chi connectivity index (χ1v) is 20.3. The van der Waals surface area contributed by atoms with Crippen molar-refractivity contribution in [3.05, 3.63) is 200 Å². The number of benzene rings is 9. The lowest BCUT2D eigenvalue weighted by Crippen LogP contribution is -1.95. The minimum absolute atomic E-state index is 1.16. The van der Waals surface area contributed by atoms with Crippen LogP contribution < -0.4 is 0 Å². The molecular formula is C55H36N4. The third-order valence-electron chi connectivity index (χ3n) is 12.8. The van der Waals surface area contributed by atoms with Gasteiger partial charge in [0.1, 0.15) is 0 Å². The first kappa shape index (κ1) is 32.3. The van der Waals surface area contributed by atoms with Crippen LogP contribution in [0, 0.1) is 0 Å². The van der Waals surface area contributed by atoms with Crippen LogP contribution in [0.4, 0.5) is 0 Å². The number of aryl methyl sites for hydroxylation is 1. The Morgan fingerprint density at radius 1 is 0.237 bits per heavy atom. The molecule has 13 rings (SSSR count). The van der Waals surface area contributed by atoms with Crippen molar-refractivity contribution in [1.82, 2.24) is 18.3 Å². The number of nitrogens with zero attached hydrogens (tertiary/aromatic N) is 4. The number of para-hydroxylation sites is 5. The van der Waals surface area contributed by atoms with Gasteiger partial charge in [-0.2, -0.15) is 0 Å². The van der Waals surface area contributed by atoms with Crippen LogP contribution in [0.2, 0.25) is 0 Å². The lowest BCUT2D eigenvalue weighted by molar-refractivity contribution is 1.01. The van der Waals surface area contributed by atoms with Crippen LogP contribution in [0.3, 0.4) is 0 Å². The highest BCUT2D eigenvalue weighted by molar-refractivity contribution is 6.15. The van der Waals surface area contributed by atoms with Crippen LogP contribution in [-0.4, -0.2) is 18.3 Å². The van der Waals surface area contributed by atoms with E-state index in [1.807, 2.05) is 0 Å². The fourth-order valence-electron chi connectivity index (χ4n) is 10.1. The van der Waals surface area contributed by atoms with Crippen molar-refractivity contribution in [2.24, 2.45) is 7.05 Å². The van der Waals surface area contributed by atoms with E-state index in [0.717, 1.165) is 5.69 Å². The molecule has 0 unspecified atom stereocenters. The van der Waals surface area contributed by atoms with Gasteiger partial charge in [0.25, 0.3) is 0 Å². The van der Waals surface area contributed by atoms with Crippen molar-refractivity contribution in [1.29, 1.82) is 0 Å². The fraction of sp³-hybridized carbons (Fsp3) is 0.0182. The summed E-state index contributed by atoms with van der Waals surface area (Å²) in [6, 6.07) is 73.6. The van der Waals surface area contributed by atoms with Crippen molar-refractivity contribution in [3.63, 3.8) is 0 Å². The second kappa shape index (κ2) is 12.1. The van der Waals surface area contributed by atoms with Gasteiger partial charge in [-0.25, -0.2) is 0 Å². The normalized spacial score (nSPS) is 12.2. The van der Waals surface area contributed by atoms with E-state index in [4.69, 9.17) is 0 Å². The van der Waals surface area contributed by atoms with Crippen LogP contribution in [-0.2, 0) is 7.05 Å². The molecule has 9 aromatic carbocycles. The molecule has 0 amide bonds. The molecule has 0 aliphatic rings. The van der Waals surface area contributed by atoms with E-state index in [0.29, 0.717) is 0 Å². The van der Waals surface area contributed by atoms with Crippen LogP contribution in [0.25, 0.3) is 115 Å². The van der Waals surface area contributed by atoms with Crippen LogP contribution in [0.1, 0.15) is 0 Å². The molecular weight excluding hydrogens is 717 g/mol. The lowest BCUT2D eigenvalue weighted by Gasteiger charge is -2.11. The molecule has 4 heterocycles. The molecule has 0 N–H and O–H groups in total. The Morgan fingerprint density at radius 2 is 0.559 bits per heavy atom. The SMILES string of the molecule is Cn1c2ccccc2c2cc(-n3c4ccccc4c4cc(-c5ccc6c(c5)c5ccccc5n6-c5ccc6c(c5)c5ccccc5n6-c5ccccc5)ccc43)ccc21. The molecule has 4 heteroatoms. The van der Waals surface area contributed by atoms with E-state index >= 15 is 0 Å². The van der Waals surface area contributed by atoms with Crippen molar-refractivity contribution < 1.29 is 0 Å². The minimum Gasteiger partial charge on any atom is -0.344 e. The molecule has 0 aliphatic heterocycles. The smallest absolute Gasteiger partial charge is 0.0542 e. The molecule has 0 saturated carbocycles. The van der Waals surface area contributed by atoms with Crippen LogP contribution in [0.15, 0.2) is 200 Å². The number of rotatable bonds is 4. The van der Waals surface area contributed by atoms with Crippen molar-refractivity contribution >= 4 is 87.2 Å². The summed E-state index contributed by atoms with van der Waals surface area (Å²) < 4.78 is 9.54. The average molecular weight is 753 g/mol. The summed E-state index contributed by atoms with van der Waals surface area (Å²) in [6.07, 6.45) is 0. The lowest BCUT2D eigenvalue weighted by atomic mass is 10.0. The van der Waals surface area contributed by atoms with E-state index < -0.39 is 0 Å². The molecule has 4 nitrogen and oxygen atoms in total. The summed E-state index contributed by atoms with van der Waals surface area (Å²) in [4.78, 5) is 0. The Labute approximate surface area is 339 Å². The molecule has 59 heavy (non-hydrogen) atoms. The Morgan fingerprint density at radius 3 is 1.07 bits per heavy atom. The maximum atomic E-state index is 2.44. The topological polar surface area (TPSA) is 19.7 Å². The summed E-state index contributed by atoms with van der Waals surface area (Å²) in [7, 11) is 2.16. The zero-order chi connectivity index (χ0) is 38.8. The van der Waals surface area contributed by atoms with E-state index in [2.05, 4.69) is 226 Å². The number of fused-ring (bicyclic) bond motifs is 12. The van der Waals surface area contributed by atoms with E-state index in [1.165, 1.54) is 110 Å². The highest BCUT2D eigenvalue weighted by Crippen LogP contribution is 2.41. The van der Waals surface area contributed by atoms with E-state index in [9.17, 15) is 0 Å². The van der Waals surface area contributed by atoms with Gasteiger partial charge < -0.3 is 18.3 Å². The van der Waals surface area contributed by atoms with Gasteiger partial charge in [0.2, 0.25) is 0 Å².